The molecule has 1 aromatic heterocycles. The maximum absolute atomic E-state index is 13.1. The van der Waals surface area contributed by atoms with Crippen LogP contribution in [0.5, 0.6) is 0 Å². The van der Waals surface area contributed by atoms with Gasteiger partial charge >= 0.3 is 5.69 Å². The van der Waals surface area contributed by atoms with Crippen molar-refractivity contribution in [3.05, 3.63) is 140 Å². The molecule has 1 saturated heterocycles. The van der Waals surface area contributed by atoms with E-state index in [1.54, 1.807) is 13.1 Å². The van der Waals surface area contributed by atoms with Gasteiger partial charge in [-0.1, -0.05) is 91.0 Å². The minimum absolute atomic E-state index is 0.129. The molecule has 0 spiro atoms. The molecule has 49 heavy (non-hydrogen) atoms. The van der Waals surface area contributed by atoms with Crippen molar-refractivity contribution >= 4 is 8.53 Å². The summed E-state index contributed by atoms with van der Waals surface area (Å²) >= 11 is 0. The molecular formula is C38H46N5O5P. The van der Waals surface area contributed by atoms with Gasteiger partial charge in [-0.3, -0.25) is 19.7 Å². The van der Waals surface area contributed by atoms with Gasteiger partial charge in [0.05, 0.1) is 37.3 Å². The van der Waals surface area contributed by atoms with Crippen LogP contribution >= 0.6 is 8.53 Å². The lowest BCUT2D eigenvalue weighted by Crippen LogP contribution is -2.53. The normalized spacial score (nSPS) is 18.6. The first-order chi connectivity index (χ1) is 23.6. The smallest absolute Gasteiger partial charge is 0.330 e. The van der Waals surface area contributed by atoms with E-state index in [1.807, 2.05) is 54.6 Å². The Labute approximate surface area is 289 Å². The standard InChI is InChI=1S/C38H46N5O5P/c1-27(2)43(28(3)4)49(46-23-15-22-39)47-26-34-33(24-35(48-34)42-25-29(5)36(44)40-37(42)45)41-38(30-16-9-6-10-17-30,31-18-11-7-12-19-31)32-20-13-8-14-21-32/h6-14,16-21,25,27-28,33-35,41H,15,23-24,26H2,1-5H3,(H,40,44,45)/t33-,34-,35-,49?/m1/s1. The number of nitrogens with one attached hydrogen (secondary N) is 2. The fourth-order valence-corrected chi connectivity index (χ4v) is 8.17. The van der Waals surface area contributed by atoms with Crippen LogP contribution in [0.4, 0.5) is 0 Å². The fourth-order valence-electron chi connectivity index (χ4n) is 6.55. The van der Waals surface area contributed by atoms with Gasteiger partial charge < -0.3 is 13.8 Å². The number of hydrogen-bond acceptors (Lipinski definition) is 8. The quantitative estimate of drug-likeness (QED) is 0.0842. The third-order valence-electron chi connectivity index (χ3n) is 8.73. The second-order valence-corrected chi connectivity index (χ2v) is 14.2. The number of hydrogen-bond donors (Lipinski definition) is 2. The van der Waals surface area contributed by atoms with Gasteiger partial charge in [-0.15, -0.1) is 0 Å². The Bertz CT molecular complexity index is 1690. The van der Waals surface area contributed by atoms with E-state index < -0.39 is 37.6 Å². The molecule has 10 nitrogen and oxygen atoms in total. The summed E-state index contributed by atoms with van der Waals surface area (Å²) < 4.78 is 23.2. The first-order valence-electron chi connectivity index (χ1n) is 16.8. The first kappa shape index (κ1) is 36.3. The molecule has 5 rings (SSSR count). The molecule has 0 aliphatic carbocycles. The fraction of sp³-hybridized carbons (Fsp3) is 0.395. The molecule has 0 amide bonds. The number of ether oxygens (including phenoxy) is 1. The molecule has 2 N–H and O–H groups in total. The molecule has 4 atom stereocenters. The molecule has 3 aromatic carbocycles. The van der Waals surface area contributed by atoms with Crippen molar-refractivity contribution in [3.63, 3.8) is 0 Å². The van der Waals surface area contributed by atoms with Crippen LogP contribution < -0.4 is 16.6 Å². The predicted molar refractivity (Wildman–Crippen MR) is 192 cm³/mol. The molecular weight excluding hydrogens is 637 g/mol. The number of rotatable bonds is 15. The molecule has 2 heterocycles. The highest BCUT2D eigenvalue weighted by molar-refractivity contribution is 7.44. The minimum atomic E-state index is -1.54. The van der Waals surface area contributed by atoms with Crippen LogP contribution in [0.15, 0.2) is 107 Å². The van der Waals surface area contributed by atoms with E-state index in [4.69, 9.17) is 13.8 Å². The zero-order valence-corrected chi connectivity index (χ0v) is 29.7. The maximum atomic E-state index is 13.1. The number of aromatic nitrogens is 2. The number of H-pyrrole nitrogens is 1. The summed E-state index contributed by atoms with van der Waals surface area (Å²) in [5.41, 5.74) is 1.79. The van der Waals surface area contributed by atoms with Crippen molar-refractivity contribution in [3.8, 4) is 6.07 Å². The molecule has 11 heteroatoms. The van der Waals surface area contributed by atoms with Crippen molar-refractivity contribution in [1.29, 1.82) is 5.26 Å². The van der Waals surface area contributed by atoms with Crippen molar-refractivity contribution in [1.82, 2.24) is 19.5 Å². The van der Waals surface area contributed by atoms with E-state index in [2.05, 4.69) is 85.1 Å². The third kappa shape index (κ3) is 8.27. The molecule has 0 bridgehead atoms. The van der Waals surface area contributed by atoms with Gasteiger partial charge in [-0.2, -0.15) is 5.26 Å². The van der Waals surface area contributed by atoms with Crippen LogP contribution in [-0.4, -0.2) is 51.7 Å². The van der Waals surface area contributed by atoms with Crippen LogP contribution in [0, 0.1) is 18.3 Å². The van der Waals surface area contributed by atoms with Gasteiger partial charge in [0.15, 0.2) is 0 Å². The summed E-state index contributed by atoms with van der Waals surface area (Å²) in [6.07, 6.45) is 1.03. The summed E-state index contributed by atoms with van der Waals surface area (Å²) in [5, 5.41) is 13.2. The van der Waals surface area contributed by atoms with E-state index in [0.29, 0.717) is 12.0 Å². The van der Waals surface area contributed by atoms with E-state index in [0.717, 1.165) is 16.7 Å². The highest BCUT2D eigenvalue weighted by Gasteiger charge is 2.45. The Morgan fingerprint density at radius 1 is 0.939 bits per heavy atom. The lowest BCUT2D eigenvalue weighted by molar-refractivity contribution is -0.0279. The zero-order chi connectivity index (χ0) is 35.0. The van der Waals surface area contributed by atoms with Gasteiger partial charge in [-0.25, -0.2) is 9.46 Å². The average molecular weight is 684 g/mol. The van der Waals surface area contributed by atoms with E-state index in [9.17, 15) is 14.9 Å². The maximum Gasteiger partial charge on any atom is 0.330 e. The lowest BCUT2D eigenvalue weighted by Gasteiger charge is -2.40. The van der Waals surface area contributed by atoms with Crippen molar-refractivity contribution < 1.29 is 13.8 Å². The van der Waals surface area contributed by atoms with E-state index >= 15 is 0 Å². The minimum Gasteiger partial charge on any atom is -0.351 e. The summed E-state index contributed by atoms with van der Waals surface area (Å²) in [4.78, 5) is 27.8. The monoisotopic (exact) mass is 683 g/mol. The number of aryl methyl sites for hydroxylation is 1. The van der Waals surface area contributed by atoms with Gasteiger partial charge in [0.1, 0.15) is 6.23 Å². The van der Waals surface area contributed by atoms with Crippen LogP contribution in [0.2, 0.25) is 0 Å². The number of aromatic amines is 1. The molecule has 0 radical (unpaired) electrons. The first-order valence-corrected chi connectivity index (χ1v) is 17.9. The summed E-state index contributed by atoms with van der Waals surface area (Å²) in [7, 11) is -1.54. The molecule has 1 unspecified atom stereocenters. The Hall–Kier alpha value is -3.94. The van der Waals surface area contributed by atoms with Gasteiger partial charge in [-0.05, 0) is 51.3 Å². The third-order valence-corrected chi connectivity index (χ3v) is 10.8. The summed E-state index contributed by atoms with van der Waals surface area (Å²) in [5.74, 6) is 0. The van der Waals surface area contributed by atoms with Crippen molar-refractivity contribution in [2.75, 3.05) is 13.2 Å². The summed E-state index contributed by atoms with van der Waals surface area (Å²) in [6, 6.07) is 33.0. The molecule has 1 aliphatic heterocycles. The molecule has 1 fully saturated rings. The van der Waals surface area contributed by atoms with E-state index in [-0.39, 0.29) is 37.8 Å². The van der Waals surface area contributed by atoms with E-state index in [1.165, 1.54) is 4.57 Å². The lowest BCUT2D eigenvalue weighted by atomic mass is 9.76. The molecule has 4 aromatic rings. The van der Waals surface area contributed by atoms with Gasteiger partial charge in [0, 0.05) is 36.3 Å². The average Bonchev–Trinajstić information content (AvgIpc) is 3.50. The highest BCUT2D eigenvalue weighted by Crippen LogP contribution is 2.47. The van der Waals surface area contributed by atoms with Crippen LogP contribution in [0.3, 0.4) is 0 Å². The Morgan fingerprint density at radius 3 is 1.96 bits per heavy atom. The van der Waals surface area contributed by atoms with Crippen LogP contribution in [0.1, 0.15) is 69.0 Å². The van der Waals surface area contributed by atoms with Gasteiger partial charge in [0.2, 0.25) is 0 Å². The SMILES string of the molecule is Cc1cn([C@H]2C[C@@H](NC(c3ccccc3)(c3ccccc3)c3ccccc3)[C@@H](COP(OCCC#N)N(C(C)C)C(C)C)O2)c(=O)[nH]c1=O. The Kier molecular flexibility index (Phi) is 12.3. The Balaban J connectivity index is 1.59. The zero-order valence-electron chi connectivity index (χ0n) is 28.8. The number of benzene rings is 3. The molecule has 258 valence electrons. The second kappa shape index (κ2) is 16.6. The number of nitrogens with zero attached hydrogens (tertiary/aromatic N) is 3. The molecule has 1 aliphatic rings. The predicted octanol–water partition coefficient (Wildman–Crippen LogP) is 6.38. The highest BCUT2D eigenvalue weighted by atomic mass is 31.2. The topological polar surface area (TPSA) is 122 Å². The number of nitriles is 1. The second-order valence-electron chi connectivity index (χ2n) is 12.8. The van der Waals surface area contributed by atoms with Crippen molar-refractivity contribution in [2.24, 2.45) is 0 Å². The largest absolute Gasteiger partial charge is 0.351 e. The van der Waals surface area contributed by atoms with Crippen LogP contribution in [0.25, 0.3) is 0 Å². The Morgan fingerprint density at radius 2 is 1.47 bits per heavy atom. The van der Waals surface area contributed by atoms with Gasteiger partial charge in [0.25, 0.3) is 14.1 Å². The molecule has 0 saturated carbocycles. The van der Waals surface area contributed by atoms with Crippen LogP contribution in [-0.2, 0) is 19.3 Å². The van der Waals surface area contributed by atoms with Crippen molar-refractivity contribution in [2.45, 2.75) is 83.5 Å². The summed E-state index contributed by atoms with van der Waals surface area (Å²) in [6.45, 7) is 10.5.